The summed E-state index contributed by atoms with van der Waals surface area (Å²) in [4.78, 5) is 8.92. The first-order chi connectivity index (χ1) is 7.79. The molecule has 0 atom stereocenters. The molecular formula is C13H12N2O. The van der Waals surface area contributed by atoms with Crippen LogP contribution in [0.3, 0.4) is 0 Å². The number of methoxy groups -OCH3 is 1. The summed E-state index contributed by atoms with van der Waals surface area (Å²) in [6, 6.07) is 6.03. The fraction of sp³-hybridized carbons (Fsp3) is 0.231. The number of hydrogen-bond acceptors (Lipinski definition) is 3. The highest BCUT2D eigenvalue weighted by atomic mass is 16.5. The van der Waals surface area contributed by atoms with Crippen LogP contribution in [0.5, 0.6) is 5.75 Å². The van der Waals surface area contributed by atoms with E-state index < -0.39 is 0 Å². The zero-order chi connectivity index (χ0) is 11.1. The molecule has 2 aliphatic rings. The molecule has 0 radical (unpaired) electrons. The Bertz CT molecular complexity index is 638. The Balaban J connectivity index is 2.34. The van der Waals surface area contributed by atoms with Crippen molar-refractivity contribution in [3.8, 4) is 5.75 Å². The molecule has 0 amide bonds. The third kappa shape index (κ3) is 1.21. The largest absolute Gasteiger partial charge is 0.497 e. The first-order valence-corrected chi connectivity index (χ1v) is 5.29. The standard InChI is InChI=1S/C13H12N2O/c1-8-13-11(5-6-14-8)10-4-3-9(16-2)7-12(10)15-13/h3-4,6-7H,5H2,1-2H3. The molecule has 0 aromatic heterocycles. The maximum absolute atomic E-state index is 5.20. The summed E-state index contributed by atoms with van der Waals surface area (Å²) in [5.41, 5.74) is 3.31. The van der Waals surface area contributed by atoms with Crippen molar-refractivity contribution in [3.63, 3.8) is 0 Å². The Kier molecular flexibility index (Phi) is 1.93. The lowest BCUT2D eigenvalue weighted by Gasteiger charge is -2.07. The van der Waals surface area contributed by atoms with E-state index in [1.165, 1.54) is 10.8 Å². The van der Waals surface area contributed by atoms with E-state index in [1.54, 1.807) is 7.11 Å². The average molecular weight is 212 g/mol. The molecule has 80 valence electrons. The second kappa shape index (κ2) is 3.30. The van der Waals surface area contributed by atoms with Crippen molar-refractivity contribution >= 4 is 11.8 Å². The Morgan fingerprint density at radius 2 is 2.19 bits per heavy atom. The summed E-state index contributed by atoms with van der Waals surface area (Å²) in [5.74, 6) is 0.848. The zero-order valence-corrected chi connectivity index (χ0v) is 9.32. The first kappa shape index (κ1) is 9.33. The van der Waals surface area contributed by atoms with Crippen LogP contribution in [0.4, 0.5) is 0 Å². The van der Waals surface area contributed by atoms with Crippen LogP contribution in [0.25, 0.3) is 5.57 Å². The highest BCUT2D eigenvalue weighted by molar-refractivity contribution is 5.83. The van der Waals surface area contributed by atoms with Gasteiger partial charge in [0.2, 0.25) is 0 Å². The van der Waals surface area contributed by atoms with Crippen LogP contribution >= 0.6 is 0 Å². The molecule has 3 rings (SSSR count). The highest BCUT2D eigenvalue weighted by Gasteiger charge is 2.17. The molecule has 2 heterocycles. The smallest absolute Gasteiger partial charge is 0.121 e. The number of nitrogens with zero attached hydrogens (tertiary/aromatic N) is 2. The fourth-order valence-electron chi connectivity index (χ4n) is 2.14. The van der Waals surface area contributed by atoms with Crippen molar-refractivity contribution in [1.29, 1.82) is 0 Å². The SMILES string of the molecule is COc1ccc2c(c1)=NC1=C(C)N=CCC=21. The van der Waals surface area contributed by atoms with E-state index >= 15 is 0 Å². The Morgan fingerprint density at radius 3 is 3.00 bits per heavy atom. The van der Waals surface area contributed by atoms with Gasteiger partial charge in [0.15, 0.2) is 0 Å². The summed E-state index contributed by atoms with van der Waals surface area (Å²) in [7, 11) is 1.67. The van der Waals surface area contributed by atoms with E-state index in [4.69, 9.17) is 4.74 Å². The summed E-state index contributed by atoms with van der Waals surface area (Å²) < 4.78 is 5.20. The predicted molar refractivity (Wildman–Crippen MR) is 63.0 cm³/mol. The minimum Gasteiger partial charge on any atom is -0.497 e. The molecule has 0 spiro atoms. The van der Waals surface area contributed by atoms with E-state index in [-0.39, 0.29) is 0 Å². The predicted octanol–water partition coefficient (Wildman–Crippen LogP) is 1.19. The van der Waals surface area contributed by atoms with Crippen molar-refractivity contribution in [2.24, 2.45) is 9.98 Å². The number of allylic oxidation sites excluding steroid dienone is 2. The van der Waals surface area contributed by atoms with Crippen LogP contribution in [-0.4, -0.2) is 13.3 Å². The van der Waals surface area contributed by atoms with Crippen LogP contribution in [0.15, 0.2) is 39.6 Å². The van der Waals surface area contributed by atoms with Crippen molar-refractivity contribution in [2.45, 2.75) is 13.3 Å². The normalized spacial score (nSPS) is 17.0. The molecule has 1 aromatic rings. The first-order valence-electron chi connectivity index (χ1n) is 5.29. The maximum atomic E-state index is 5.20. The molecule has 0 saturated carbocycles. The van der Waals surface area contributed by atoms with Gasteiger partial charge in [-0.15, -0.1) is 0 Å². The number of rotatable bonds is 1. The lowest BCUT2D eigenvalue weighted by molar-refractivity contribution is 0.414. The topological polar surface area (TPSA) is 34.0 Å². The second-order valence-corrected chi connectivity index (χ2v) is 3.92. The molecule has 0 aliphatic carbocycles. The third-order valence-corrected chi connectivity index (χ3v) is 2.97. The van der Waals surface area contributed by atoms with Crippen LogP contribution in [0, 0.1) is 0 Å². The molecule has 0 unspecified atom stereocenters. The monoisotopic (exact) mass is 212 g/mol. The number of ether oxygens (including phenoxy) is 1. The summed E-state index contributed by atoms with van der Waals surface area (Å²) in [5, 5.41) is 2.20. The van der Waals surface area contributed by atoms with Crippen molar-refractivity contribution < 1.29 is 4.74 Å². The molecule has 16 heavy (non-hydrogen) atoms. The summed E-state index contributed by atoms with van der Waals surface area (Å²) in [6.45, 7) is 2.00. The van der Waals surface area contributed by atoms with Crippen LogP contribution < -0.4 is 15.3 Å². The van der Waals surface area contributed by atoms with Gasteiger partial charge in [-0.3, -0.25) is 4.99 Å². The lowest BCUT2D eigenvalue weighted by Crippen LogP contribution is -2.22. The van der Waals surface area contributed by atoms with Crippen LogP contribution in [0.1, 0.15) is 13.3 Å². The summed E-state index contributed by atoms with van der Waals surface area (Å²) >= 11 is 0. The molecule has 3 heteroatoms. The van der Waals surface area contributed by atoms with Crippen molar-refractivity contribution in [2.75, 3.05) is 7.11 Å². The lowest BCUT2D eigenvalue weighted by atomic mass is 10.1. The fourth-order valence-corrected chi connectivity index (χ4v) is 2.14. The number of aliphatic imine (C=N–C) groups is 1. The summed E-state index contributed by atoms with van der Waals surface area (Å²) in [6.07, 6.45) is 2.82. The quantitative estimate of drug-likeness (QED) is 0.688. The zero-order valence-electron chi connectivity index (χ0n) is 9.32. The van der Waals surface area contributed by atoms with Gasteiger partial charge in [0, 0.05) is 23.9 Å². The van der Waals surface area contributed by atoms with Gasteiger partial charge in [-0.1, -0.05) is 0 Å². The number of fused-ring (bicyclic) bond motifs is 2. The molecule has 2 aliphatic heterocycles. The van der Waals surface area contributed by atoms with E-state index in [1.807, 2.05) is 25.3 Å². The molecular weight excluding hydrogens is 200 g/mol. The minimum absolute atomic E-state index is 0.848. The molecule has 0 bridgehead atoms. The van der Waals surface area contributed by atoms with Gasteiger partial charge in [-0.05, 0) is 24.6 Å². The highest BCUT2D eigenvalue weighted by Crippen LogP contribution is 2.25. The van der Waals surface area contributed by atoms with Gasteiger partial charge in [-0.2, -0.15) is 0 Å². The van der Waals surface area contributed by atoms with Crippen molar-refractivity contribution in [3.05, 3.63) is 40.2 Å². The van der Waals surface area contributed by atoms with Crippen LogP contribution in [-0.2, 0) is 0 Å². The molecule has 1 aromatic carbocycles. The van der Waals surface area contributed by atoms with E-state index in [0.717, 1.165) is 28.9 Å². The Labute approximate surface area is 93.5 Å². The van der Waals surface area contributed by atoms with Gasteiger partial charge < -0.3 is 4.74 Å². The minimum atomic E-state index is 0.848. The Morgan fingerprint density at radius 1 is 1.31 bits per heavy atom. The van der Waals surface area contributed by atoms with Gasteiger partial charge >= 0.3 is 0 Å². The van der Waals surface area contributed by atoms with E-state index in [9.17, 15) is 0 Å². The maximum Gasteiger partial charge on any atom is 0.121 e. The van der Waals surface area contributed by atoms with Gasteiger partial charge in [-0.25, -0.2) is 4.99 Å². The number of hydrogen-bond donors (Lipinski definition) is 0. The van der Waals surface area contributed by atoms with Crippen LogP contribution in [0.2, 0.25) is 0 Å². The average Bonchev–Trinajstić information content (AvgIpc) is 2.68. The molecule has 0 saturated heterocycles. The third-order valence-electron chi connectivity index (χ3n) is 2.97. The van der Waals surface area contributed by atoms with E-state index in [2.05, 4.69) is 16.1 Å². The molecule has 3 nitrogen and oxygen atoms in total. The van der Waals surface area contributed by atoms with Gasteiger partial charge in [0.25, 0.3) is 0 Å². The number of benzene rings is 1. The van der Waals surface area contributed by atoms with Gasteiger partial charge in [0.05, 0.1) is 23.9 Å². The molecule has 0 N–H and O–H groups in total. The second-order valence-electron chi connectivity index (χ2n) is 3.92. The molecule has 0 fully saturated rings. The Hall–Kier alpha value is -1.90. The van der Waals surface area contributed by atoms with Gasteiger partial charge in [0.1, 0.15) is 5.75 Å². The van der Waals surface area contributed by atoms with E-state index in [0.29, 0.717) is 0 Å². The van der Waals surface area contributed by atoms with Crippen molar-refractivity contribution in [1.82, 2.24) is 0 Å².